The van der Waals surface area contributed by atoms with Crippen LogP contribution in [0.1, 0.15) is 109 Å². The van der Waals surface area contributed by atoms with Crippen molar-refractivity contribution in [2.45, 2.75) is 110 Å². The second-order valence-electron chi connectivity index (χ2n) is 12.9. The monoisotopic (exact) mass is 605 g/mol. The van der Waals surface area contributed by atoms with Crippen LogP contribution in [0.5, 0.6) is 0 Å². The normalized spacial score (nSPS) is 20.8. The second-order valence-corrected chi connectivity index (χ2v) is 12.9. The molecule has 9 nitrogen and oxygen atoms in total. The molecule has 0 bridgehead atoms. The first-order chi connectivity index (χ1) is 20.8. The van der Waals surface area contributed by atoms with Crippen LogP contribution in [-0.4, -0.2) is 52.4 Å². The van der Waals surface area contributed by atoms with Crippen molar-refractivity contribution in [3.63, 3.8) is 0 Å². The van der Waals surface area contributed by atoms with Crippen molar-refractivity contribution in [3.8, 4) is 6.07 Å². The third-order valence-electron chi connectivity index (χ3n) is 8.67. The first kappa shape index (κ1) is 33.1. The fourth-order valence-electron chi connectivity index (χ4n) is 6.80. The molecule has 3 atom stereocenters. The third kappa shape index (κ3) is 6.78. The predicted octanol–water partition coefficient (Wildman–Crippen LogP) is 6.17. The quantitative estimate of drug-likeness (QED) is 0.322. The molecular weight excluding hydrogens is 561 g/mol. The topological polar surface area (TPSA) is 116 Å². The number of piperidine rings is 1. The van der Waals surface area contributed by atoms with Crippen LogP contribution in [0.4, 0.5) is 15.8 Å². The van der Waals surface area contributed by atoms with E-state index in [0.29, 0.717) is 54.9 Å². The van der Waals surface area contributed by atoms with Gasteiger partial charge in [0, 0.05) is 25.1 Å². The number of unbranched alkanes of at least 4 members (excludes halogenated alkanes) is 1. The van der Waals surface area contributed by atoms with Crippen molar-refractivity contribution in [3.05, 3.63) is 53.1 Å². The molecule has 1 saturated heterocycles. The van der Waals surface area contributed by atoms with Gasteiger partial charge in [-0.15, -0.1) is 0 Å². The van der Waals surface area contributed by atoms with Crippen LogP contribution < -0.4 is 10.2 Å². The van der Waals surface area contributed by atoms with Crippen LogP contribution in [0.3, 0.4) is 0 Å². The Morgan fingerprint density at radius 2 is 2.05 bits per heavy atom. The van der Waals surface area contributed by atoms with Gasteiger partial charge in [-0.25, -0.2) is 9.37 Å². The number of esters is 1. The van der Waals surface area contributed by atoms with Crippen LogP contribution in [0.15, 0.2) is 30.5 Å². The minimum absolute atomic E-state index is 0.0835. The van der Waals surface area contributed by atoms with Gasteiger partial charge in [-0.1, -0.05) is 26.7 Å². The van der Waals surface area contributed by atoms with E-state index >= 15 is 4.39 Å². The van der Waals surface area contributed by atoms with Crippen molar-refractivity contribution in [2.24, 2.45) is 0 Å². The SMILES string of the molecule is CCCCC(CC(=O)OC(C)(C)C)c1cc(F)cc2c1NC(=O)C2(CC)N1CCC[C@@H](N(C(C)=O)c2ccc(C#N)nc2)C1. The van der Waals surface area contributed by atoms with Crippen molar-refractivity contribution in [1.82, 2.24) is 9.88 Å². The average Bonchev–Trinajstić information content (AvgIpc) is 3.25. The highest BCUT2D eigenvalue weighted by Gasteiger charge is 2.52. The van der Waals surface area contributed by atoms with Gasteiger partial charge in [-0.2, -0.15) is 5.26 Å². The number of nitrogens with one attached hydrogen (secondary N) is 1. The molecular formula is C34H44FN5O4. The molecule has 1 aromatic heterocycles. The predicted molar refractivity (Wildman–Crippen MR) is 166 cm³/mol. The first-order valence-electron chi connectivity index (χ1n) is 15.6. The molecule has 2 unspecified atom stereocenters. The molecule has 0 aliphatic carbocycles. The largest absolute Gasteiger partial charge is 0.460 e. The summed E-state index contributed by atoms with van der Waals surface area (Å²) >= 11 is 0. The maximum absolute atomic E-state index is 15.5. The zero-order valence-electron chi connectivity index (χ0n) is 26.7. The van der Waals surface area contributed by atoms with Crippen LogP contribution in [-0.2, 0) is 24.7 Å². The van der Waals surface area contributed by atoms with Gasteiger partial charge in [0.1, 0.15) is 28.7 Å². The smallest absolute Gasteiger partial charge is 0.306 e. The van der Waals surface area contributed by atoms with E-state index in [0.717, 1.165) is 19.3 Å². The lowest BCUT2D eigenvalue weighted by Crippen LogP contribution is -2.58. The molecule has 0 saturated carbocycles. The lowest BCUT2D eigenvalue weighted by molar-refractivity contribution is -0.155. The molecule has 2 amide bonds. The number of pyridine rings is 1. The number of amides is 2. The van der Waals surface area contributed by atoms with E-state index < -0.39 is 17.0 Å². The number of ether oxygens (including phenoxy) is 1. The minimum atomic E-state index is -1.14. The Kier molecular flexibility index (Phi) is 10.1. The standard InChI is InChI=1S/C34H44FN5O4/c1-7-9-11-23(16-30(42)44-33(4,5)6)28-17-24(35)18-29-31(28)38-32(43)34(29,8-2)39-15-10-12-27(21-39)40(22(3)41)26-14-13-25(19-36)37-20-26/h13-14,17-18,20,23,27H,7-12,15-16,21H2,1-6H3,(H,38,43)/t23?,27-,34?/m1/s1. The van der Waals surface area contributed by atoms with Gasteiger partial charge in [0.25, 0.3) is 0 Å². The summed E-state index contributed by atoms with van der Waals surface area (Å²) < 4.78 is 21.1. The minimum Gasteiger partial charge on any atom is -0.460 e. The molecule has 0 spiro atoms. The Morgan fingerprint density at radius 1 is 1.30 bits per heavy atom. The van der Waals surface area contributed by atoms with E-state index in [2.05, 4.69) is 22.1 Å². The maximum Gasteiger partial charge on any atom is 0.306 e. The number of hydrogen-bond acceptors (Lipinski definition) is 7. The van der Waals surface area contributed by atoms with Gasteiger partial charge in [0.15, 0.2) is 0 Å². The van der Waals surface area contributed by atoms with Crippen molar-refractivity contribution < 1.29 is 23.5 Å². The summed E-state index contributed by atoms with van der Waals surface area (Å²) in [6.45, 7) is 11.9. The zero-order valence-corrected chi connectivity index (χ0v) is 26.7. The van der Waals surface area contributed by atoms with Gasteiger partial charge >= 0.3 is 5.97 Å². The molecule has 2 aliphatic rings. The molecule has 0 radical (unpaired) electrons. The number of aromatic nitrogens is 1. The van der Waals surface area contributed by atoms with Crippen LogP contribution in [0.2, 0.25) is 0 Å². The molecule has 3 heterocycles. The number of anilines is 2. The highest BCUT2D eigenvalue weighted by atomic mass is 19.1. The lowest BCUT2D eigenvalue weighted by atomic mass is 9.81. The number of fused-ring (bicyclic) bond motifs is 1. The summed E-state index contributed by atoms with van der Waals surface area (Å²) in [6, 6.07) is 7.93. The highest BCUT2D eigenvalue weighted by Crippen LogP contribution is 2.48. The number of nitrogens with zero attached hydrogens (tertiary/aromatic N) is 4. The van der Waals surface area contributed by atoms with E-state index in [1.807, 2.05) is 33.8 Å². The Morgan fingerprint density at radius 3 is 2.64 bits per heavy atom. The molecule has 1 aromatic carbocycles. The highest BCUT2D eigenvalue weighted by molar-refractivity contribution is 6.07. The summed E-state index contributed by atoms with van der Waals surface area (Å²) in [4.78, 5) is 47.8. The van der Waals surface area contributed by atoms with E-state index in [9.17, 15) is 14.4 Å². The Hall–Kier alpha value is -3.84. The van der Waals surface area contributed by atoms with Crippen LogP contribution in [0.25, 0.3) is 0 Å². The Balaban J connectivity index is 1.72. The van der Waals surface area contributed by atoms with Crippen LogP contribution in [0, 0.1) is 17.1 Å². The van der Waals surface area contributed by atoms with E-state index in [1.165, 1.54) is 25.3 Å². The molecule has 4 rings (SSSR count). The molecule has 1 N–H and O–H groups in total. The van der Waals surface area contributed by atoms with Gasteiger partial charge in [-0.05, 0) is 88.7 Å². The lowest BCUT2D eigenvalue weighted by Gasteiger charge is -2.46. The number of halogens is 1. The zero-order chi connectivity index (χ0) is 32.2. The number of carbonyl (C=O) groups is 3. The number of carbonyl (C=O) groups excluding carboxylic acids is 3. The van der Waals surface area contributed by atoms with Gasteiger partial charge in [0.2, 0.25) is 11.8 Å². The van der Waals surface area contributed by atoms with Crippen molar-refractivity contribution >= 4 is 29.2 Å². The maximum atomic E-state index is 15.5. The second kappa shape index (κ2) is 13.4. The summed E-state index contributed by atoms with van der Waals surface area (Å²) in [5.41, 5.74) is 0.815. The number of rotatable bonds is 10. The molecule has 2 aromatic rings. The molecule has 236 valence electrons. The van der Waals surface area contributed by atoms with Crippen LogP contribution >= 0.6 is 0 Å². The average molecular weight is 606 g/mol. The molecule has 2 aliphatic heterocycles. The molecule has 44 heavy (non-hydrogen) atoms. The number of benzene rings is 1. The van der Waals surface area contributed by atoms with Crippen molar-refractivity contribution in [2.75, 3.05) is 23.3 Å². The number of likely N-dealkylation sites (tertiary alicyclic amines) is 1. The Bertz CT molecular complexity index is 1430. The summed E-state index contributed by atoms with van der Waals surface area (Å²) in [5.74, 6) is -1.54. The summed E-state index contributed by atoms with van der Waals surface area (Å²) in [7, 11) is 0. The van der Waals surface area contributed by atoms with E-state index in [1.54, 1.807) is 17.0 Å². The fourth-order valence-corrected chi connectivity index (χ4v) is 6.80. The summed E-state index contributed by atoms with van der Waals surface area (Å²) in [5, 5.41) is 12.3. The number of hydrogen-bond donors (Lipinski definition) is 1. The van der Waals surface area contributed by atoms with Gasteiger partial charge < -0.3 is 15.0 Å². The Labute approximate surface area is 259 Å². The fraction of sp³-hybridized carbons (Fsp3) is 0.559. The first-order valence-corrected chi connectivity index (χ1v) is 15.6. The van der Waals surface area contributed by atoms with Gasteiger partial charge in [0.05, 0.1) is 24.0 Å². The third-order valence-corrected chi connectivity index (χ3v) is 8.67. The molecule has 1 fully saturated rings. The summed E-state index contributed by atoms with van der Waals surface area (Å²) in [6.07, 6.45) is 5.84. The number of nitriles is 1. The van der Waals surface area contributed by atoms with Gasteiger partial charge in [-0.3, -0.25) is 19.3 Å². The van der Waals surface area contributed by atoms with E-state index in [-0.39, 0.29) is 41.9 Å². The van der Waals surface area contributed by atoms with E-state index in [4.69, 9.17) is 10.00 Å². The molecule has 10 heteroatoms. The van der Waals surface area contributed by atoms with Crippen molar-refractivity contribution in [1.29, 1.82) is 5.26 Å².